The molecule has 0 saturated carbocycles. The third kappa shape index (κ3) is 4.62. The number of rotatable bonds is 5. The number of hydrogen-bond donors (Lipinski definition) is 1. The predicted octanol–water partition coefficient (Wildman–Crippen LogP) is 4.39. The molecule has 2 aromatic rings. The number of anilines is 1. The Morgan fingerprint density at radius 2 is 2.04 bits per heavy atom. The van der Waals surface area contributed by atoms with Crippen LogP contribution in [0.1, 0.15) is 49.7 Å². The number of thiophene rings is 1. The molecule has 0 aromatic carbocycles. The quantitative estimate of drug-likeness (QED) is 0.751. The van der Waals surface area contributed by atoms with E-state index in [2.05, 4.69) is 18.7 Å². The molecule has 9 heteroatoms. The summed E-state index contributed by atoms with van der Waals surface area (Å²) in [5, 5.41) is 1.05. The van der Waals surface area contributed by atoms with Crippen molar-refractivity contribution in [3.63, 3.8) is 0 Å². The zero-order valence-electron chi connectivity index (χ0n) is 15.4. The fourth-order valence-corrected chi connectivity index (χ4v) is 5.65. The number of hydrogen-bond acceptors (Lipinski definition) is 6. The number of carbonyl (C=O) groups is 1. The van der Waals surface area contributed by atoms with Crippen molar-refractivity contribution in [2.45, 2.75) is 52.1 Å². The molecule has 2 N–H and O–H groups in total. The van der Waals surface area contributed by atoms with Crippen molar-refractivity contribution in [1.82, 2.24) is 9.88 Å². The van der Waals surface area contributed by atoms with Crippen LogP contribution < -0.4 is 10.6 Å². The summed E-state index contributed by atoms with van der Waals surface area (Å²) < 4.78 is 1.11. The standard InChI is InChI=1S/C17H26N4OS2.2ClH/c1-4-20(5-2)17-19-15-13(24-17)10-14(23-15)16(22)21-9-7-6-8-12(21)11(3)18;;/h10-12H,4-9,18H2,1-3H3;2*1H. The number of nitrogens with two attached hydrogens (primary N) is 1. The van der Waals surface area contributed by atoms with Crippen LogP contribution in [0.15, 0.2) is 6.07 Å². The number of likely N-dealkylation sites (tertiary alicyclic amines) is 1. The first-order valence-corrected chi connectivity index (χ1v) is 10.4. The van der Waals surface area contributed by atoms with Gasteiger partial charge in [-0.3, -0.25) is 4.79 Å². The Morgan fingerprint density at radius 3 is 2.62 bits per heavy atom. The van der Waals surface area contributed by atoms with Crippen LogP contribution in [0, 0.1) is 0 Å². The molecule has 1 saturated heterocycles. The van der Waals surface area contributed by atoms with Gasteiger partial charge in [-0.1, -0.05) is 11.3 Å². The number of fused-ring (bicyclic) bond motifs is 1. The molecule has 148 valence electrons. The number of carbonyl (C=O) groups excluding carboxylic acids is 1. The highest BCUT2D eigenvalue weighted by molar-refractivity contribution is 7.29. The highest BCUT2D eigenvalue weighted by atomic mass is 35.5. The predicted molar refractivity (Wildman–Crippen MR) is 118 cm³/mol. The minimum atomic E-state index is 0. The summed E-state index contributed by atoms with van der Waals surface area (Å²) in [7, 11) is 0. The lowest BCUT2D eigenvalue weighted by molar-refractivity contribution is 0.0589. The summed E-state index contributed by atoms with van der Waals surface area (Å²) in [6.07, 6.45) is 3.23. The number of thiazole rings is 1. The van der Waals surface area contributed by atoms with E-state index in [9.17, 15) is 4.79 Å². The second-order valence-electron chi connectivity index (χ2n) is 6.37. The van der Waals surface area contributed by atoms with Gasteiger partial charge in [0.05, 0.1) is 9.58 Å². The van der Waals surface area contributed by atoms with Crippen molar-refractivity contribution < 1.29 is 4.79 Å². The fraction of sp³-hybridized carbons (Fsp3) is 0.647. The molecule has 5 nitrogen and oxygen atoms in total. The van der Waals surface area contributed by atoms with Crippen LogP contribution in [0.4, 0.5) is 5.13 Å². The monoisotopic (exact) mass is 438 g/mol. The smallest absolute Gasteiger partial charge is 0.264 e. The highest BCUT2D eigenvalue weighted by Gasteiger charge is 2.31. The van der Waals surface area contributed by atoms with Gasteiger partial charge in [0.2, 0.25) is 0 Å². The van der Waals surface area contributed by atoms with Crippen LogP contribution in [0.2, 0.25) is 0 Å². The summed E-state index contributed by atoms with van der Waals surface area (Å²) in [4.78, 5) is 23.7. The fourth-order valence-electron chi connectivity index (χ4n) is 3.36. The Kier molecular flexibility index (Phi) is 9.09. The second kappa shape index (κ2) is 10.1. The molecule has 0 spiro atoms. The molecule has 1 fully saturated rings. The van der Waals surface area contributed by atoms with Gasteiger partial charge in [-0.15, -0.1) is 36.2 Å². The maximum absolute atomic E-state index is 13.0. The minimum Gasteiger partial charge on any atom is -0.349 e. The van der Waals surface area contributed by atoms with E-state index in [0.29, 0.717) is 0 Å². The molecule has 0 aliphatic carbocycles. The van der Waals surface area contributed by atoms with Crippen LogP contribution in [0.25, 0.3) is 9.53 Å². The first kappa shape index (κ1) is 23.4. The Balaban J connectivity index is 0.00000169. The third-order valence-electron chi connectivity index (χ3n) is 4.74. The van der Waals surface area contributed by atoms with Crippen LogP contribution in [0.3, 0.4) is 0 Å². The van der Waals surface area contributed by atoms with Gasteiger partial charge in [-0.25, -0.2) is 4.98 Å². The van der Waals surface area contributed by atoms with Gasteiger partial charge in [0.1, 0.15) is 4.83 Å². The number of amides is 1. The SMILES string of the molecule is CCN(CC)c1nc2sc(C(=O)N3CCCCC3C(C)N)cc2s1.Cl.Cl. The zero-order valence-corrected chi connectivity index (χ0v) is 18.7. The van der Waals surface area contributed by atoms with E-state index in [0.717, 1.165) is 58.4 Å². The maximum Gasteiger partial charge on any atom is 0.264 e. The van der Waals surface area contributed by atoms with Gasteiger partial charge >= 0.3 is 0 Å². The molecule has 2 atom stereocenters. The van der Waals surface area contributed by atoms with Gasteiger partial charge < -0.3 is 15.5 Å². The topological polar surface area (TPSA) is 62.5 Å². The highest BCUT2D eigenvalue weighted by Crippen LogP contribution is 2.35. The van der Waals surface area contributed by atoms with E-state index in [4.69, 9.17) is 10.7 Å². The molecule has 3 heterocycles. The molecule has 0 bridgehead atoms. The second-order valence-corrected chi connectivity index (χ2v) is 8.41. The minimum absolute atomic E-state index is 0. The van der Waals surface area contributed by atoms with Crippen LogP contribution in [-0.4, -0.2) is 47.5 Å². The zero-order chi connectivity index (χ0) is 17.3. The van der Waals surface area contributed by atoms with E-state index < -0.39 is 0 Å². The molecule has 26 heavy (non-hydrogen) atoms. The molecular formula is C17H28Cl2N4OS2. The average Bonchev–Trinajstić information content (AvgIpc) is 3.14. The number of halogens is 2. The van der Waals surface area contributed by atoms with Gasteiger partial charge in [0, 0.05) is 31.7 Å². The lowest BCUT2D eigenvalue weighted by atomic mass is 9.97. The van der Waals surface area contributed by atoms with Gasteiger partial charge in [0.25, 0.3) is 5.91 Å². The normalized spacial score (nSPS) is 18.2. The molecule has 2 unspecified atom stereocenters. The number of aromatic nitrogens is 1. The summed E-state index contributed by atoms with van der Waals surface area (Å²) in [6, 6.07) is 2.19. The van der Waals surface area contributed by atoms with Crippen molar-refractivity contribution in [1.29, 1.82) is 0 Å². The maximum atomic E-state index is 13.0. The Labute approximate surface area is 175 Å². The molecule has 0 radical (unpaired) electrons. The Bertz CT molecular complexity index is 683. The largest absolute Gasteiger partial charge is 0.349 e. The molecule has 1 aliphatic rings. The summed E-state index contributed by atoms with van der Waals surface area (Å²) in [5.41, 5.74) is 6.11. The first-order chi connectivity index (χ1) is 11.5. The number of nitrogens with zero attached hydrogens (tertiary/aromatic N) is 3. The first-order valence-electron chi connectivity index (χ1n) is 8.77. The van der Waals surface area contributed by atoms with Gasteiger partial charge in [-0.2, -0.15) is 0 Å². The molecule has 2 aromatic heterocycles. The Hall–Kier alpha value is -0.600. The summed E-state index contributed by atoms with van der Waals surface area (Å²) >= 11 is 3.19. The van der Waals surface area contributed by atoms with Crippen molar-refractivity contribution in [3.05, 3.63) is 10.9 Å². The lowest BCUT2D eigenvalue weighted by Crippen LogP contribution is -2.51. The van der Waals surface area contributed by atoms with Crippen LogP contribution in [0.5, 0.6) is 0 Å². The van der Waals surface area contributed by atoms with E-state index in [1.807, 2.05) is 17.9 Å². The van der Waals surface area contributed by atoms with Gasteiger partial charge in [0.15, 0.2) is 5.13 Å². The Morgan fingerprint density at radius 1 is 1.35 bits per heavy atom. The van der Waals surface area contributed by atoms with Crippen molar-refractivity contribution in [3.8, 4) is 0 Å². The molecule has 1 amide bonds. The van der Waals surface area contributed by atoms with Crippen LogP contribution >= 0.6 is 47.5 Å². The lowest BCUT2D eigenvalue weighted by Gasteiger charge is -2.37. The molecule has 1 aliphatic heterocycles. The van der Waals surface area contributed by atoms with Crippen molar-refractivity contribution in [2.24, 2.45) is 5.73 Å². The van der Waals surface area contributed by atoms with Crippen molar-refractivity contribution in [2.75, 3.05) is 24.5 Å². The third-order valence-corrected chi connectivity index (χ3v) is 6.95. The molecule has 3 rings (SSSR count). The van der Waals surface area contributed by atoms with Crippen LogP contribution in [-0.2, 0) is 0 Å². The van der Waals surface area contributed by atoms with E-state index in [1.54, 1.807) is 11.3 Å². The van der Waals surface area contributed by atoms with Gasteiger partial charge in [-0.05, 0) is 46.1 Å². The average molecular weight is 439 g/mol. The van der Waals surface area contributed by atoms with E-state index in [-0.39, 0.29) is 42.8 Å². The van der Waals surface area contributed by atoms with E-state index in [1.165, 1.54) is 11.3 Å². The molecular weight excluding hydrogens is 411 g/mol. The number of piperidine rings is 1. The van der Waals surface area contributed by atoms with Crippen molar-refractivity contribution >= 4 is 68.1 Å². The summed E-state index contributed by atoms with van der Waals surface area (Å²) in [6.45, 7) is 8.99. The van der Waals surface area contributed by atoms with E-state index >= 15 is 0 Å². The summed E-state index contributed by atoms with van der Waals surface area (Å²) in [5.74, 6) is 0.122.